The first kappa shape index (κ1) is 48.4. The van der Waals surface area contributed by atoms with Crippen molar-refractivity contribution in [3.05, 3.63) is 184 Å². The molecule has 0 amide bonds. The van der Waals surface area contributed by atoms with E-state index in [4.69, 9.17) is 14.7 Å². The predicted molar refractivity (Wildman–Crippen MR) is 311 cm³/mol. The van der Waals surface area contributed by atoms with Crippen molar-refractivity contribution >= 4 is 61.7 Å². The number of hydrogen-bond donors (Lipinski definition) is 2. The summed E-state index contributed by atoms with van der Waals surface area (Å²) >= 11 is 0. The molecule has 2 aliphatic rings. The molecule has 0 atom stereocenters. The fourth-order valence-corrected chi connectivity index (χ4v) is 10.8. The Morgan fingerprint density at radius 1 is 0.392 bits per heavy atom. The Kier molecular flexibility index (Phi) is 11.4. The maximum atomic E-state index is 16.2. The Balaban J connectivity index is 1.35. The molecule has 0 radical (unpaired) electrons. The normalized spacial score (nSPS) is 13.2. The molecular formula is C68H66N4O2. The van der Waals surface area contributed by atoms with Crippen LogP contribution in [0, 0.1) is 0 Å². The molecule has 0 saturated carbocycles. The third kappa shape index (κ3) is 8.44. The molecule has 0 spiro atoms. The van der Waals surface area contributed by atoms with Crippen molar-refractivity contribution in [1.82, 2.24) is 19.9 Å². The first-order valence-electron chi connectivity index (χ1n) is 26.0. The molecule has 8 bridgehead atoms. The maximum absolute atomic E-state index is 16.2. The van der Waals surface area contributed by atoms with E-state index in [1.165, 1.54) is 16.7 Å². The van der Waals surface area contributed by atoms with E-state index in [1.807, 2.05) is 12.1 Å². The van der Waals surface area contributed by atoms with Gasteiger partial charge in [0.1, 0.15) is 11.4 Å². The molecule has 11 rings (SSSR count). The van der Waals surface area contributed by atoms with Crippen LogP contribution in [-0.2, 0) is 21.7 Å². The highest BCUT2D eigenvalue weighted by Crippen LogP contribution is 2.47. The lowest BCUT2D eigenvalue weighted by Gasteiger charge is -2.21. The van der Waals surface area contributed by atoms with Gasteiger partial charge in [0.25, 0.3) is 0 Å². The van der Waals surface area contributed by atoms with Gasteiger partial charge in [0.2, 0.25) is 5.78 Å². The Hall–Kier alpha value is -7.83. The first-order chi connectivity index (χ1) is 35.1. The van der Waals surface area contributed by atoms with Crippen LogP contribution in [0.1, 0.15) is 133 Å². The van der Waals surface area contributed by atoms with E-state index >= 15 is 4.79 Å². The number of carbonyl (C=O) groups is 1. The van der Waals surface area contributed by atoms with Crippen molar-refractivity contribution in [2.75, 3.05) is 7.11 Å². The van der Waals surface area contributed by atoms with Crippen molar-refractivity contribution in [1.29, 1.82) is 0 Å². The number of H-pyrrole nitrogens is 2. The lowest BCUT2D eigenvalue weighted by molar-refractivity contribution is 0.104. The van der Waals surface area contributed by atoms with Gasteiger partial charge in [0, 0.05) is 49.7 Å². The van der Waals surface area contributed by atoms with Gasteiger partial charge in [-0.3, -0.25) is 4.79 Å². The van der Waals surface area contributed by atoms with E-state index in [1.54, 1.807) is 7.11 Å². The van der Waals surface area contributed by atoms with Crippen LogP contribution in [-0.4, -0.2) is 32.8 Å². The lowest BCUT2D eigenvalue weighted by Crippen LogP contribution is -2.11. The van der Waals surface area contributed by atoms with Gasteiger partial charge in [-0.1, -0.05) is 180 Å². The quantitative estimate of drug-likeness (QED) is 0.180. The summed E-state index contributed by atoms with van der Waals surface area (Å²) in [6, 6.07) is 49.9. The van der Waals surface area contributed by atoms with Gasteiger partial charge >= 0.3 is 0 Å². The van der Waals surface area contributed by atoms with E-state index < -0.39 is 0 Å². The molecule has 6 nitrogen and oxygen atoms in total. The highest BCUT2D eigenvalue weighted by molar-refractivity contribution is 6.31. The zero-order valence-corrected chi connectivity index (χ0v) is 45.1. The average molecular weight is 971 g/mol. The highest BCUT2D eigenvalue weighted by Gasteiger charge is 2.33. The zero-order chi connectivity index (χ0) is 52.2. The fraction of sp³-hybridized carbons (Fsp3) is 0.250. The summed E-state index contributed by atoms with van der Waals surface area (Å²) in [5.41, 5.74) is 18.7. The third-order valence-corrected chi connectivity index (χ3v) is 15.1. The van der Waals surface area contributed by atoms with Gasteiger partial charge < -0.3 is 14.7 Å². The number of nitrogens with zero attached hydrogens (tertiary/aromatic N) is 2. The Morgan fingerprint density at radius 2 is 0.797 bits per heavy atom. The zero-order valence-electron chi connectivity index (χ0n) is 45.1. The monoisotopic (exact) mass is 971 g/mol. The van der Waals surface area contributed by atoms with Crippen LogP contribution in [0.5, 0.6) is 5.75 Å². The number of rotatable bonds is 5. The van der Waals surface area contributed by atoms with Crippen molar-refractivity contribution in [3.8, 4) is 50.3 Å². The number of benzene rings is 6. The molecule has 370 valence electrons. The molecule has 74 heavy (non-hydrogen) atoms. The van der Waals surface area contributed by atoms with Crippen molar-refractivity contribution in [2.45, 2.75) is 105 Å². The lowest BCUT2D eigenvalue weighted by atomic mass is 9.82. The molecule has 0 aliphatic carbocycles. The third-order valence-electron chi connectivity index (χ3n) is 15.1. The SMILES string of the molecule is COc1ccc(-c2c3c4nc(c(-c5ccc(C(C)(C)C)cc5)c5ccc([nH]5)c(-c5ccc(C(C)(C)C)cc5)c5ccc([nH]5)c(-c5ccc(C(C)(C)C)cc5)c5nc(c4c4ccc(C(C)(C)C)cc24)C=C5)C3=O)cc1. The van der Waals surface area contributed by atoms with Crippen molar-refractivity contribution in [2.24, 2.45) is 0 Å². The van der Waals surface area contributed by atoms with Crippen LogP contribution in [0.15, 0.2) is 140 Å². The van der Waals surface area contributed by atoms with Crippen molar-refractivity contribution in [3.63, 3.8) is 0 Å². The van der Waals surface area contributed by atoms with Crippen LogP contribution >= 0.6 is 0 Å². The number of ketones is 1. The molecule has 0 unspecified atom stereocenters. The fourth-order valence-electron chi connectivity index (χ4n) is 10.8. The number of methoxy groups -OCH3 is 1. The van der Waals surface area contributed by atoms with Crippen LogP contribution in [0.2, 0.25) is 0 Å². The van der Waals surface area contributed by atoms with Crippen molar-refractivity contribution < 1.29 is 9.53 Å². The largest absolute Gasteiger partial charge is 0.497 e. The molecule has 3 aromatic heterocycles. The number of nitrogens with one attached hydrogen (secondary N) is 2. The summed E-state index contributed by atoms with van der Waals surface area (Å²) < 4.78 is 5.67. The van der Waals surface area contributed by atoms with Crippen LogP contribution < -0.4 is 4.74 Å². The van der Waals surface area contributed by atoms with E-state index in [2.05, 4.69) is 233 Å². The number of aromatic amines is 2. The minimum Gasteiger partial charge on any atom is -0.497 e. The molecule has 0 saturated heterocycles. The minimum atomic E-state index is -0.175. The molecule has 2 aliphatic heterocycles. The Labute approximate surface area is 435 Å². The molecular weight excluding hydrogens is 905 g/mol. The second-order valence-electron chi connectivity index (χ2n) is 24.4. The molecule has 9 aromatic rings. The molecule has 6 heteroatoms. The number of fused-ring (bicyclic) bond motifs is 10. The highest BCUT2D eigenvalue weighted by atomic mass is 16.5. The second-order valence-corrected chi connectivity index (χ2v) is 24.4. The van der Waals surface area contributed by atoms with Gasteiger partial charge in [0.05, 0.1) is 29.6 Å². The van der Waals surface area contributed by atoms with E-state index in [0.29, 0.717) is 16.8 Å². The topological polar surface area (TPSA) is 83.7 Å². The average Bonchev–Trinajstić information content (AvgIpc) is 4.20. The smallest absolute Gasteiger partial charge is 0.214 e. The number of aromatic nitrogens is 4. The van der Waals surface area contributed by atoms with Crippen LogP contribution in [0.4, 0.5) is 0 Å². The number of ether oxygens (including phenoxy) is 1. The number of carbonyl (C=O) groups excluding carboxylic acids is 1. The van der Waals surface area contributed by atoms with E-state index in [9.17, 15) is 0 Å². The Bertz CT molecular complexity index is 3930. The van der Waals surface area contributed by atoms with E-state index in [0.717, 1.165) is 105 Å². The first-order valence-corrected chi connectivity index (χ1v) is 26.0. The van der Waals surface area contributed by atoms with Gasteiger partial charge in [-0.25, -0.2) is 9.97 Å². The predicted octanol–water partition coefficient (Wildman–Crippen LogP) is 17.9. The maximum Gasteiger partial charge on any atom is 0.214 e. The summed E-state index contributed by atoms with van der Waals surface area (Å²) in [5, 5.41) is 2.77. The number of hydrogen-bond acceptors (Lipinski definition) is 4. The summed E-state index contributed by atoms with van der Waals surface area (Å²) in [7, 11) is 1.68. The van der Waals surface area contributed by atoms with Gasteiger partial charge in [-0.05, 0) is 132 Å². The van der Waals surface area contributed by atoms with Gasteiger partial charge in [0.15, 0.2) is 0 Å². The second kappa shape index (κ2) is 17.4. The molecule has 0 fully saturated rings. The standard InChI is InChI=1S/C68H66N4O2/c1-65(2,3)43-22-14-40(15-23-43)57-50-32-33-51(69-50)58(41-16-24-44(25-17-41)66(4,5)6)53-35-37-55(71-53)60-48-31-28-46(68(10,11)12)38-49(48)56(39-20-29-47(74-13)30-21-39)61-62(60)72-63(64(61)73)59(54-36-34-52(57)70-54)42-18-26-45(27-19-42)67(7,8)9/h14-38,69-70H,1-13H3. The van der Waals surface area contributed by atoms with Crippen LogP contribution in [0.25, 0.3) is 100 Å². The summed E-state index contributed by atoms with van der Waals surface area (Å²) in [5.74, 6) is 0.599. The summed E-state index contributed by atoms with van der Waals surface area (Å²) in [4.78, 5) is 35.4. The Morgan fingerprint density at radius 3 is 1.28 bits per heavy atom. The molecule has 6 aromatic carbocycles. The molecule has 5 heterocycles. The van der Waals surface area contributed by atoms with Gasteiger partial charge in [-0.2, -0.15) is 0 Å². The van der Waals surface area contributed by atoms with Crippen LogP contribution in [0.3, 0.4) is 0 Å². The van der Waals surface area contributed by atoms with E-state index in [-0.39, 0.29) is 27.4 Å². The molecule has 2 N–H and O–H groups in total. The minimum absolute atomic E-state index is 0.0208. The summed E-state index contributed by atoms with van der Waals surface area (Å²) in [6.07, 6.45) is 4.24. The van der Waals surface area contributed by atoms with Gasteiger partial charge in [-0.15, -0.1) is 0 Å². The summed E-state index contributed by atoms with van der Waals surface area (Å²) in [6.45, 7) is 26.8.